The molecule has 0 aromatic heterocycles. The Hall–Kier alpha value is -1.53. The minimum absolute atomic E-state index is 0.00606. The van der Waals surface area contributed by atoms with Crippen LogP contribution in [0.2, 0.25) is 0 Å². The largest absolute Gasteiger partial charge is 0.355 e. The van der Waals surface area contributed by atoms with Gasteiger partial charge in [0.25, 0.3) is 0 Å². The number of hydrogen-bond acceptors (Lipinski definition) is 4. The van der Waals surface area contributed by atoms with Crippen molar-refractivity contribution in [1.29, 1.82) is 0 Å². The van der Waals surface area contributed by atoms with E-state index in [0.717, 1.165) is 12.8 Å². The van der Waals surface area contributed by atoms with Crippen LogP contribution < -0.4 is 16.0 Å². The molecule has 0 spiro atoms. The molecule has 23 heavy (non-hydrogen) atoms. The Labute approximate surface area is 142 Å². The second-order valence-electron chi connectivity index (χ2n) is 5.76. The number of carbonyl (C=O) groups excluding carboxylic acids is 2. The van der Waals surface area contributed by atoms with Crippen molar-refractivity contribution in [2.45, 2.75) is 38.2 Å². The van der Waals surface area contributed by atoms with E-state index >= 15 is 0 Å². The average molecular weight is 335 g/mol. The Bertz CT molecular complexity index is 524. The summed E-state index contributed by atoms with van der Waals surface area (Å²) in [6.07, 6.45) is 1.64. The standard InChI is InChI=1S/C17H25N3O2S/c1-3-14-12(2)19-17(20-16(14)22)23-11-15(21)18-10-9-13-7-5-4-6-8-13/h4-8,12,14,17,19H,3,9-11H2,1-2H3,(H,18,21)(H,20,22). The number of amides is 2. The number of carbonyl (C=O) groups is 2. The van der Waals surface area contributed by atoms with E-state index in [9.17, 15) is 9.59 Å². The first-order valence-corrected chi connectivity index (χ1v) is 9.13. The summed E-state index contributed by atoms with van der Waals surface area (Å²) in [5.41, 5.74) is 1.02. The summed E-state index contributed by atoms with van der Waals surface area (Å²) in [5.74, 6) is 0.399. The van der Waals surface area contributed by atoms with Crippen LogP contribution in [0.25, 0.3) is 0 Å². The summed E-state index contributed by atoms with van der Waals surface area (Å²) in [6, 6.07) is 10.2. The van der Waals surface area contributed by atoms with Gasteiger partial charge in [0.1, 0.15) is 5.50 Å². The van der Waals surface area contributed by atoms with Gasteiger partial charge in [-0.1, -0.05) is 37.3 Å². The van der Waals surface area contributed by atoms with Gasteiger partial charge < -0.3 is 10.6 Å². The lowest BCUT2D eigenvalue weighted by Gasteiger charge is -2.34. The Morgan fingerprint density at radius 1 is 1.30 bits per heavy atom. The summed E-state index contributed by atoms with van der Waals surface area (Å²) < 4.78 is 0. The zero-order valence-electron chi connectivity index (χ0n) is 13.7. The molecule has 2 rings (SSSR count). The zero-order valence-corrected chi connectivity index (χ0v) is 14.5. The molecule has 1 aliphatic heterocycles. The van der Waals surface area contributed by atoms with Crippen molar-refractivity contribution >= 4 is 23.6 Å². The molecule has 0 radical (unpaired) electrons. The van der Waals surface area contributed by atoms with Crippen LogP contribution in [-0.4, -0.2) is 35.7 Å². The predicted octanol–water partition coefficient (Wildman–Crippen LogP) is 1.50. The lowest BCUT2D eigenvalue weighted by atomic mass is 9.96. The third kappa shape index (κ3) is 5.55. The second kappa shape index (κ2) is 8.93. The maximum absolute atomic E-state index is 12.0. The normalized spacial score (nSPS) is 24.1. The molecule has 126 valence electrons. The minimum Gasteiger partial charge on any atom is -0.355 e. The fraction of sp³-hybridized carbons (Fsp3) is 0.529. The molecule has 5 nitrogen and oxygen atoms in total. The van der Waals surface area contributed by atoms with Gasteiger partial charge in [0.15, 0.2) is 0 Å². The lowest BCUT2D eigenvalue weighted by molar-refractivity contribution is -0.128. The summed E-state index contributed by atoms with van der Waals surface area (Å²) in [6.45, 7) is 4.65. The van der Waals surface area contributed by atoms with Crippen molar-refractivity contribution in [1.82, 2.24) is 16.0 Å². The first kappa shape index (κ1) is 17.8. The maximum atomic E-state index is 12.0. The average Bonchev–Trinajstić information content (AvgIpc) is 2.54. The van der Waals surface area contributed by atoms with Crippen LogP contribution in [0.1, 0.15) is 25.8 Å². The van der Waals surface area contributed by atoms with E-state index in [0.29, 0.717) is 12.3 Å². The van der Waals surface area contributed by atoms with E-state index in [1.165, 1.54) is 17.3 Å². The van der Waals surface area contributed by atoms with Gasteiger partial charge in [0.2, 0.25) is 11.8 Å². The van der Waals surface area contributed by atoms with Gasteiger partial charge >= 0.3 is 0 Å². The quantitative estimate of drug-likeness (QED) is 0.706. The highest BCUT2D eigenvalue weighted by molar-refractivity contribution is 8.00. The van der Waals surface area contributed by atoms with E-state index < -0.39 is 0 Å². The van der Waals surface area contributed by atoms with Gasteiger partial charge in [0.05, 0.1) is 11.7 Å². The van der Waals surface area contributed by atoms with Crippen LogP contribution in [-0.2, 0) is 16.0 Å². The summed E-state index contributed by atoms with van der Waals surface area (Å²) in [4.78, 5) is 23.8. The van der Waals surface area contributed by atoms with E-state index in [-0.39, 0.29) is 29.3 Å². The molecule has 0 bridgehead atoms. The first-order chi connectivity index (χ1) is 11.1. The van der Waals surface area contributed by atoms with Gasteiger partial charge in [-0.25, -0.2) is 0 Å². The Morgan fingerprint density at radius 3 is 2.70 bits per heavy atom. The van der Waals surface area contributed by atoms with Crippen LogP contribution in [0.15, 0.2) is 30.3 Å². The number of thioether (sulfide) groups is 1. The lowest BCUT2D eigenvalue weighted by Crippen LogP contribution is -2.59. The summed E-state index contributed by atoms with van der Waals surface area (Å²) >= 11 is 1.42. The molecule has 3 unspecified atom stereocenters. The van der Waals surface area contributed by atoms with Crippen LogP contribution in [0, 0.1) is 5.92 Å². The van der Waals surface area contributed by atoms with Crippen molar-refractivity contribution in [3.8, 4) is 0 Å². The van der Waals surface area contributed by atoms with Crippen molar-refractivity contribution in [2.75, 3.05) is 12.3 Å². The van der Waals surface area contributed by atoms with Crippen molar-refractivity contribution in [3.05, 3.63) is 35.9 Å². The fourth-order valence-corrected chi connectivity index (χ4v) is 3.62. The number of nitrogens with one attached hydrogen (secondary N) is 3. The molecular formula is C17H25N3O2S. The molecule has 0 aliphatic carbocycles. The van der Waals surface area contributed by atoms with E-state index in [1.807, 2.05) is 44.2 Å². The highest BCUT2D eigenvalue weighted by Gasteiger charge is 2.32. The van der Waals surface area contributed by atoms with E-state index in [1.54, 1.807) is 0 Å². The molecule has 0 saturated carbocycles. The van der Waals surface area contributed by atoms with Crippen LogP contribution >= 0.6 is 11.8 Å². The molecule has 3 N–H and O–H groups in total. The Morgan fingerprint density at radius 2 is 2.04 bits per heavy atom. The molecule has 1 aliphatic rings. The van der Waals surface area contributed by atoms with Gasteiger partial charge in [0, 0.05) is 12.6 Å². The van der Waals surface area contributed by atoms with Crippen LogP contribution in [0.3, 0.4) is 0 Å². The van der Waals surface area contributed by atoms with Crippen molar-refractivity contribution in [2.24, 2.45) is 5.92 Å². The van der Waals surface area contributed by atoms with Gasteiger partial charge in [-0.2, -0.15) is 0 Å². The van der Waals surface area contributed by atoms with Crippen molar-refractivity contribution in [3.63, 3.8) is 0 Å². The number of hydrogen-bond donors (Lipinski definition) is 3. The smallest absolute Gasteiger partial charge is 0.230 e. The topological polar surface area (TPSA) is 70.2 Å². The Balaban J connectivity index is 1.65. The summed E-state index contributed by atoms with van der Waals surface area (Å²) in [5, 5.41) is 9.17. The molecule has 1 heterocycles. The van der Waals surface area contributed by atoms with Gasteiger partial charge in [-0.05, 0) is 25.3 Å². The Kier molecular flexibility index (Phi) is 6.92. The van der Waals surface area contributed by atoms with Crippen molar-refractivity contribution < 1.29 is 9.59 Å². The molecule has 1 aromatic rings. The molecule has 1 fully saturated rings. The minimum atomic E-state index is -0.194. The monoisotopic (exact) mass is 335 g/mol. The third-order valence-electron chi connectivity index (χ3n) is 4.03. The fourth-order valence-electron chi connectivity index (χ4n) is 2.69. The van der Waals surface area contributed by atoms with Crippen LogP contribution in [0.5, 0.6) is 0 Å². The van der Waals surface area contributed by atoms with E-state index in [4.69, 9.17) is 0 Å². The first-order valence-electron chi connectivity index (χ1n) is 8.08. The number of rotatable bonds is 7. The molecule has 3 atom stereocenters. The zero-order chi connectivity index (χ0) is 16.7. The molecule has 6 heteroatoms. The second-order valence-corrected chi connectivity index (χ2v) is 6.85. The molecule has 2 amide bonds. The summed E-state index contributed by atoms with van der Waals surface area (Å²) in [7, 11) is 0. The van der Waals surface area contributed by atoms with Gasteiger partial charge in [-0.15, -0.1) is 11.8 Å². The van der Waals surface area contributed by atoms with Crippen LogP contribution in [0.4, 0.5) is 0 Å². The molecule has 1 aromatic carbocycles. The highest BCUT2D eigenvalue weighted by atomic mass is 32.2. The molecular weight excluding hydrogens is 310 g/mol. The molecule has 1 saturated heterocycles. The number of benzene rings is 1. The SMILES string of the molecule is CCC1C(=O)NC(SCC(=O)NCCc2ccccc2)NC1C. The highest BCUT2D eigenvalue weighted by Crippen LogP contribution is 2.18. The van der Waals surface area contributed by atoms with Gasteiger partial charge in [-0.3, -0.25) is 14.9 Å². The maximum Gasteiger partial charge on any atom is 0.230 e. The predicted molar refractivity (Wildman–Crippen MR) is 93.9 cm³/mol. The van der Waals surface area contributed by atoms with E-state index in [2.05, 4.69) is 16.0 Å². The third-order valence-corrected chi connectivity index (χ3v) is 5.04.